The van der Waals surface area contributed by atoms with Gasteiger partial charge in [-0.2, -0.15) is 0 Å². The second-order valence-electron chi connectivity index (χ2n) is 5.50. The monoisotopic (exact) mass is 378 g/mol. The number of nitrogens with zero attached hydrogens (tertiary/aromatic N) is 2. The quantitative estimate of drug-likeness (QED) is 0.543. The standard InChI is InChI=1S/C17H22N4O2S2/c1-4-11(3)13(18-14(22)12-9-7-6-8-10-12)15(23)19-16-20-21-17(25-16)24-5-2/h6-11,13H,4-5H2,1-3H3,(H,18,22)(H,19,20,23)/t11-,13-/m0/s1. The maximum Gasteiger partial charge on any atom is 0.251 e. The topological polar surface area (TPSA) is 84.0 Å². The van der Waals surface area contributed by atoms with Crippen molar-refractivity contribution in [2.75, 3.05) is 11.1 Å². The Morgan fingerprint density at radius 1 is 1.20 bits per heavy atom. The molecule has 0 aliphatic carbocycles. The summed E-state index contributed by atoms with van der Waals surface area (Å²) in [5.41, 5.74) is 0.529. The minimum Gasteiger partial charge on any atom is -0.340 e. The van der Waals surface area contributed by atoms with Crippen molar-refractivity contribution >= 4 is 40.0 Å². The lowest BCUT2D eigenvalue weighted by atomic mass is 9.98. The zero-order valence-electron chi connectivity index (χ0n) is 14.5. The number of aromatic nitrogens is 2. The number of benzene rings is 1. The molecule has 1 heterocycles. The predicted octanol–water partition coefficient (Wildman–Crippen LogP) is 3.43. The zero-order chi connectivity index (χ0) is 18.2. The maximum atomic E-state index is 12.7. The Morgan fingerprint density at radius 2 is 1.92 bits per heavy atom. The smallest absolute Gasteiger partial charge is 0.251 e. The number of thioether (sulfide) groups is 1. The number of carbonyl (C=O) groups excluding carboxylic acids is 2. The number of amides is 2. The van der Waals surface area contributed by atoms with Crippen LogP contribution in [0.25, 0.3) is 0 Å². The van der Waals surface area contributed by atoms with Crippen LogP contribution in [0, 0.1) is 5.92 Å². The number of anilines is 1. The van der Waals surface area contributed by atoms with Crippen molar-refractivity contribution in [1.82, 2.24) is 15.5 Å². The molecule has 0 aliphatic heterocycles. The molecule has 0 aliphatic rings. The number of hydrogen-bond donors (Lipinski definition) is 2. The van der Waals surface area contributed by atoms with Crippen LogP contribution in [0.4, 0.5) is 5.13 Å². The third-order valence-corrected chi connectivity index (χ3v) is 5.58. The Bertz CT molecular complexity index is 706. The van der Waals surface area contributed by atoms with E-state index in [1.165, 1.54) is 11.3 Å². The van der Waals surface area contributed by atoms with Gasteiger partial charge in [0.15, 0.2) is 4.34 Å². The molecule has 134 valence electrons. The van der Waals surface area contributed by atoms with Crippen molar-refractivity contribution in [2.45, 2.75) is 37.6 Å². The summed E-state index contributed by atoms with van der Waals surface area (Å²) in [5, 5.41) is 14.1. The molecule has 1 aromatic carbocycles. The van der Waals surface area contributed by atoms with Crippen LogP contribution in [-0.2, 0) is 4.79 Å². The maximum absolute atomic E-state index is 12.7. The largest absolute Gasteiger partial charge is 0.340 e. The summed E-state index contributed by atoms with van der Waals surface area (Å²) in [4.78, 5) is 25.1. The summed E-state index contributed by atoms with van der Waals surface area (Å²) in [6.45, 7) is 5.96. The van der Waals surface area contributed by atoms with E-state index >= 15 is 0 Å². The molecule has 6 nitrogen and oxygen atoms in total. The van der Waals surface area contributed by atoms with Gasteiger partial charge in [0, 0.05) is 5.56 Å². The van der Waals surface area contributed by atoms with Crippen molar-refractivity contribution in [1.29, 1.82) is 0 Å². The van der Waals surface area contributed by atoms with E-state index in [2.05, 4.69) is 20.8 Å². The molecule has 0 spiro atoms. The van der Waals surface area contributed by atoms with Gasteiger partial charge in [0.1, 0.15) is 6.04 Å². The van der Waals surface area contributed by atoms with E-state index in [4.69, 9.17) is 0 Å². The first-order valence-corrected chi connectivity index (χ1v) is 9.98. The van der Waals surface area contributed by atoms with Crippen molar-refractivity contribution in [3.8, 4) is 0 Å². The Hall–Kier alpha value is -1.93. The summed E-state index contributed by atoms with van der Waals surface area (Å²) in [7, 11) is 0. The molecule has 1 aromatic heterocycles. The molecule has 0 unspecified atom stereocenters. The van der Waals surface area contributed by atoms with E-state index in [-0.39, 0.29) is 17.7 Å². The predicted molar refractivity (Wildman–Crippen MR) is 102 cm³/mol. The van der Waals surface area contributed by atoms with E-state index in [0.717, 1.165) is 16.5 Å². The summed E-state index contributed by atoms with van der Waals surface area (Å²) >= 11 is 2.91. The van der Waals surface area contributed by atoms with Crippen LogP contribution in [-0.4, -0.2) is 33.8 Å². The third-order valence-electron chi connectivity index (χ3n) is 3.72. The summed E-state index contributed by atoms with van der Waals surface area (Å²) < 4.78 is 0.811. The SMILES string of the molecule is CCSc1nnc(NC(=O)[C@@H](NC(=O)c2ccccc2)[C@@H](C)CC)s1. The fraction of sp³-hybridized carbons (Fsp3) is 0.412. The molecular weight excluding hydrogens is 356 g/mol. The first kappa shape index (κ1) is 19.4. The molecule has 0 saturated carbocycles. The minimum atomic E-state index is -0.635. The molecule has 0 saturated heterocycles. The van der Waals surface area contributed by atoms with Gasteiger partial charge in [0.2, 0.25) is 11.0 Å². The van der Waals surface area contributed by atoms with Gasteiger partial charge in [-0.3, -0.25) is 14.9 Å². The van der Waals surface area contributed by atoms with Crippen LogP contribution in [0.1, 0.15) is 37.6 Å². The van der Waals surface area contributed by atoms with Crippen molar-refractivity contribution < 1.29 is 9.59 Å². The summed E-state index contributed by atoms with van der Waals surface area (Å²) in [6, 6.07) is 8.24. The average molecular weight is 379 g/mol. The molecule has 2 atom stereocenters. The molecule has 0 radical (unpaired) electrons. The lowest BCUT2D eigenvalue weighted by molar-refractivity contribution is -0.119. The molecule has 8 heteroatoms. The average Bonchev–Trinajstić information content (AvgIpc) is 3.06. The highest BCUT2D eigenvalue weighted by Crippen LogP contribution is 2.25. The van der Waals surface area contributed by atoms with Crippen molar-refractivity contribution in [3.05, 3.63) is 35.9 Å². The summed E-state index contributed by atoms with van der Waals surface area (Å²) in [5.74, 6) is 0.346. The van der Waals surface area contributed by atoms with Crippen LogP contribution < -0.4 is 10.6 Å². The first-order valence-electron chi connectivity index (χ1n) is 8.18. The number of rotatable bonds is 8. The highest BCUT2D eigenvalue weighted by molar-refractivity contribution is 8.01. The fourth-order valence-corrected chi connectivity index (χ4v) is 3.79. The van der Waals surface area contributed by atoms with Crippen LogP contribution in [0.15, 0.2) is 34.7 Å². The number of nitrogens with one attached hydrogen (secondary N) is 2. The molecule has 2 aromatic rings. The van der Waals surface area contributed by atoms with Gasteiger partial charge < -0.3 is 5.32 Å². The normalized spacial score (nSPS) is 13.1. The van der Waals surface area contributed by atoms with Crippen LogP contribution >= 0.6 is 23.1 Å². The highest BCUT2D eigenvalue weighted by atomic mass is 32.2. The Kier molecular flexibility index (Phi) is 7.39. The van der Waals surface area contributed by atoms with Gasteiger partial charge in [0.05, 0.1) is 0 Å². The highest BCUT2D eigenvalue weighted by Gasteiger charge is 2.27. The van der Waals surface area contributed by atoms with Gasteiger partial charge in [-0.1, -0.05) is 68.5 Å². The molecule has 25 heavy (non-hydrogen) atoms. The van der Waals surface area contributed by atoms with Gasteiger partial charge in [-0.25, -0.2) is 0 Å². The van der Waals surface area contributed by atoms with Gasteiger partial charge in [-0.15, -0.1) is 10.2 Å². The molecule has 2 amide bonds. The van der Waals surface area contributed by atoms with Gasteiger partial charge in [-0.05, 0) is 23.8 Å². The molecular formula is C17H22N4O2S2. The lowest BCUT2D eigenvalue weighted by Crippen LogP contribution is -2.47. The van der Waals surface area contributed by atoms with Crippen molar-refractivity contribution in [3.63, 3.8) is 0 Å². The van der Waals surface area contributed by atoms with Gasteiger partial charge in [0.25, 0.3) is 5.91 Å². The Labute approximate surface area is 155 Å². The Balaban J connectivity index is 2.07. The number of carbonyl (C=O) groups is 2. The third kappa shape index (κ3) is 5.54. The molecule has 0 fully saturated rings. The zero-order valence-corrected chi connectivity index (χ0v) is 16.1. The van der Waals surface area contributed by atoms with E-state index in [9.17, 15) is 9.59 Å². The minimum absolute atomic E-state index is 0.00919. The van der Waals surface area contributed by atoms with E-state index in [1.807, 2.05) is 26.8 Å². The van der Waals surface area contributed by atoms with Crippen molar-refractivity contribution in [2.24, 2.45) is 5.92 Å². The van der Waals surface area contributed by atoms with E-state index < -0.39 is 6.04 Å². The van der Waals surface area contributed by atoms with Crippen LogP contribution in [0.5, 0.6) is 0 Å². The van der Waals surface area contributed by atoms with Crippen LogP contribution in [0.2, 0.25) is 0 Å². The van der Waals surface area contributed by atoms with Gasteiger partial charge >= 0.3 is 0 Å². The second kappa shape index (κ2) is 9.53. The van der Waals surface area contributed by atoms with E-state index in [0.29, 0.717) is 10.7 Å². The molecule has 2 N–H and O–H groups in total. The van der Waals surface area contributed by atoms with Crippen LogP contribution in [0.3, 0.4) is 0 Å². The van der Waals surface area contributed by atoms with E-state index in [1.54, 1.807) is 36.0 Å². The lowest BCUT2D eigenvalue weighted by Gasteiger charge is -2.23. The molecule has 2 rings (SSSR count). The second-order valence-corrected chi connectivity index (χ2v) is 7.99. The summed E-state index contributed by atoms with van der Waals surface area (Å²) in [6.07, 6.45) is 0.764. The fourth-order valence-electron chi connectivity index (χ4n) is 2.14. The number of hydrogen-bond acceptors (Lipinski definition) is 6. The molecule has 0 bridgehead atoms. The first-order chi connectivity index (χ1) is 12.0. The Morgan fingerprint density at radius 3 is 2.56 bits per heavy atom.